The van der Waals surface area contributed by atoms with Gasteiger partial charge in [0.2, 0.25) is 5.76 Å². The maximum absolute atomic E-state index is 11.2. The van der Waals surface area contributed by atoms with Gasteiger partial charge in [-0.1, -0.05) is 0 Å². The number of nitrogens with zero attached hydrogens (tertiary/aromatic N) is 1. The Morgan fingerprint density at radius 3 is 3.12 bits per heavy atom. The Labute approximate surface area is 94.4 Å². The molecule has 1 fully saturated rings. The van der Waals surface area contributed by atoms with Crippen LogP contribution in [0.2, 0.25) is 0 Å². The van der Waals surface area contributed by atoms with Crippen molar-refractivity contribution in [2.45, 2.75) is 6.04 Å². The van der Waals surface area contributed by atoms with E-state index in [1.165, 1.54) is 7.11 Å². The van der Waals surface area contributed by atoms with Gasteiger partial charge >= 0.3 is 5.97 Å². The first-order chi connectivity index (χ1) is 7.72. The Balaban J connectivity index is 2.14. The molecule has 5 nitrogen and oxygen atoms in total. The smallest absolute Gasteiger partial charge is 0.373 e. The highest BCUT2D eigenvalue weighted by Gasteiger charge is 2.24. The standard InChI is InChI=1S/C11H16N2O3/c1-13-6-5-12-7-8(13)9-3-4-10(16-9)11(14)15-2/h3-4,8,12H,5-7H2,1-2H3. The van der Waals surface area contributed by atoms with Crippen LogP contribution in [-0.4, -0.2) is 44.7 Å². The average Bonchev–Trinajstić information content (AvgIpc) is 2.78. The number of furan rings is 1. The van der Waals surface area contributed by atoms with E-state index in [0.29, 0.717) is 0 Å². The zero-order valence-electron chi connectivity index (χ0n) is 9.53. The molecule has 0 aromatic carbocycles. The Hall–Kier alpha value is -1.33. The summed E-state index contributed by atoms with van der Waals surface area (Å²) in [6.07, 6.45) is 0. The van der Waals surface area contributed by atoms with Crippen LogP contribution < -0.4 is 5.32 Å². The maximum Gasteiger partial charge on any atom is 0.373 e. The minimum absolute atomic E-state index is 0.187. The van der Waals surface area contributed by atoms with Gasteiger partial charge in [-0.2, -0.15) is 0 Å². The fourth-order valence-corrected chi connectivity index (χ4v) is 1.87. The van der Waals surface area contributed by atoms with Crippen molar-refractivity contribution in [1.82, 2.24) is 10.2 Å². The van der Waals surface area contributed by atoms with Gasteiger partial charge in [0.25, 0.3) is 0 Å². The molecule has 0 saturated carbocycles. The normalized spacial score (nSPS) is 22.0. The number of carbonyl (C=O) groups excluding carboxylic acids is 1. The van der Waals surface area contributed by atoms with Crippen LogP contribution in [0.25, 0.3) is 0 Å². The average molecular weight is 224 g/mol. The lowest BCUT2D eigenvalue weighted by Gasteiger charge is -2.31. The molecule has 1 aliphatic heterocycles. The fraction of sp³-hybridized carbons (Fsp3) is 0.545. The van der Waals surface area contributed by atoms with Crippen molar-refractivity contribution >= 4 is 5.97 Å². The first-order valence-corrected chi connectivity index (χ1v) is 5.31. The number of hydrogen-bond acceptors (Lipinski definition) is 5. The van der Waals surface area contributed by atoms with Crippen LogP contribution in [0.15, 0.2) is 16.5 Å². The van der Waals surface area contributed by atoms with Gasteiger partial charge in [0.05, 0.1) is 13.2 Å². The van der Waals surface area contributed by atoms with Crippen LogP contribution in [0.4, 0.5) is 0 Å². The minimum Gasteiger partial charge on any atom is -0.463 e. The summed E-state index contributed by atoms with van der Waals surface area (Å²) >= 11 is 0. The topological polar surface area (TPSA) is 54.7 Å². The summed E-state index contributed by atoms with van der Waals surface area (Å²) in [5.74, 6) is 0.629. The quantitative estimate of drug-likeness (QED) is 0.747. The molecule has 1 aromatic heterocycles. The zero-order chi connectivity index (χ0) is 11.5. The monoisotopic (exact) mass is 224 g/mol. The molecule has 0 aliphatic carbocycles. The van der Waals surface area contributed by atoms with E-state index in [9.17, 15) is 4.79 Å². The van der Waals surface area contributed by atoms with E-state index in [1.54, 1.807) is 6.07 Å². The first kappa shape index (κ1) is 11.2. The molecular weight excluding hydrogens is 208 g/mol. The largest absolute Gasteiger partial charge is 0.463 e. The predicted octanol–water partition coefficient (Wildman–Crippen LogP) is 0.642. The number of carbonyl (C=O) groups is 1. The zero-order valence-corrected chi connectivity index (χ0v) is 9.53. The van der Waals surface area contributed by atoms with Crippen molar-refractivity contribution in [1.29, 1.82) is 0 Å². The van der Waals surface area contributed by atoms with Gasteiger partial charge in [-0.15, -0.1) is 0 Å². The van der Waals surface area contributed by atoms with E-state index < -0.39 is 5.97 Å². The Morgan fingerprint density at radius 2 is 2.44 bits per heavy atom. The van der Waals surface area contributed by atoms with Crippen molar-refractivity contribution in [2.75, 3.05) is 33.8 Å². The van der Waals surface area contributed by atoms with Gasteiger partial charge in [-0.05, 0) is 19.2 Å². The van der Waals surface area contributed by atoms with Gasteiger partial charge in [-0.25, -0.2) is 4.79 Å². The summed E-state index contributed by atoms with van der Waals surface area (Å²) in [7, 11) is 3.39. The molecule has 1 N–H and O–H groups in total. The van der Waals surface area contributed by atoms with Crippen LogP contribution in [0, 0.1) is 0 Å². The van der Waals surface area contributed by atoms with E-state index in [2.05, 4.69) is 15.0 Å². The number of esters is 1. The van der Waals surface area contributed by atoms with Crippen LogP contribution in [0.5, 0.6) is 0 Å². The third-order valence-corrected chi connectivity index (χ3v) is 2.85. The lowest BCUT2D eigenvalue weighted by atomic mass is 10.1. The number of rotatable bonds is 2. The number of hydrogen-bond donors (Lipinski definition) is 1. The molecule has 16 heavy (non-hydrogen) atoms. The summed E-state index contributed by atoms with van der Waals surface area (Å²) < 4.78 is 10.1. The van der Waals surface area contributed by atoms with E-state index in [1.807, 2.05) is 13.1 Å². The summed E-state index contributed by atoms with van der Waals surface area (Å²) in [5.41, 5.74) is 0. The molecule has 88 valence electrons. The van der Waals surface area contributed by atoms with Gasteiger partial charge in [0.1, 0.15) is 5.76 Å². The van der Waals surface area contributed by atoms with Crippen LogP contribution >= 0.6 is 0 Å². The first-order valence-electron chi connectivity index (χ1n) is 5.31. The highest BCUT2D eigenvalue weighted by atomic mass is 16.5. The second-order valence-electron chi connectivity index (χ2n) is 3.89. The summed E-state index contributed by atoms with van der Waals surface area (Å²) in [6.45, 7) is 2.79. The Kier molecular flexibility index (Phi) is 3.26. The number of ether oxygens (including phenoxy) is 1. The molecule has 0 spiro atoms. The van der Waals surface area contributed by atoms with Crippen LogP contribution in [0.1, 0.15) is 22.4 Å². The highest BCUT2D eigenvalue weighted by molar-refractivity contribution is 5.86. The van der Waals surface area contributed by atoms with E-state index in [0.717, 1.165) is 25.4 Å². The third kappa shape index (κ3) is 2.10. The molecule has 0 radical (unpaired) electrons. The molecule has 1 unspecified atom stereocenters. The van der Waals surface area contributed by atoms with Gasteiger partial charge < -0.3 is 14.5 Å². The molecule has 0 amide bonds. The van der Waals surface area contributed by atoms with E-state index in [-0.39, 0.29) is 11.8 Å². The van der Waals surface area contributed by atoms with Gasteiger partial charge in [0, 0.05) is 19.6 Å². The van der Waals surface area contributed by atoms with E-state index >= 15 is 0 Å². The van der Waals surface area contributed by atoms with Crippen LogP contribution in [-0.2, 0) is 4.74 Å². The Bertz CT molecular complexity index is 375. The summed E-state index contributed by atoms with van der Waals surface area (Å²) in [5, 5.41) is 3.30. The molecule has 1 atom stereocenters. The molecular formula is C11H16N2O3. The number of likely N-dealkylation sites (N-methyl/N-ethyl adjacent to an activating group) is 1. The van der Waals surface area contributed by atoms with Crippen molar-refractivity contribution in [3.05, 3.63) is 23.7 Å². The highest BCUT2D eigenvalue weighted by Crippen LogP contribution is 2.22. The number of methoxy groups -OCH3 is 1. The predicted molar refractivity (Wildman–Crippen MR) is 58.3 cm³/mol. The molecule has 1 aromatic rings. The third-order valence-electron chi connectivity index (χ3n) is 2.85. The SMILES string of the molecule is COC(=O)c1ccc(C2CNCCN2C)o1. The molecule has 1 aliphatic rings. The molecule has 2 rings (SSSR count). The minimum atomic E-state index is -0.433. The van der Waals surface area contributed by atoms with Crippen molar-refractivity contribution < 1.29 is 13.9 Å². The molecule has 0 bridgehead atoms. The van der Waals surface area contributed by atoms with E-state index in [4.69, 9.17) is 4.42 Å². The molecule has 2 heterocycles. The second kappa shape index (κ2) is 4.67. The summed E-state index contributed by atoms with van der Waals surface area (Å²) in [6, 6.07) is 3.68. The van der Waals surface area contributed by atoms with Crippen molar-refractivity contribution in [3.63, 3.8) is 0 Å². The number of piperazine rings is 1. The van der Waals surface area contributed by atoms with Gasteiger partial charge in [-0.3, -0.25) is 4.90 Å². The maximum atomic E-state index is 11.2. The second-order valence-corrected chi connectivity index (χ2v) is 3.89. The fourth-order valence-electron chi connectivity index (χ4n) is 1.87. The van der Waals surface area contributed by atoms with Crippen LogP contribution in [0.3, 0.4) is 0 Å². The molecule has 5 heteroatoms. The lowest BCUT2D eigenvalue weighted by Crippen LogP contribution is -2.43. The summed E-state index contributed by atoms with van der Waals surface area (Å²) in [4.78, 5) is 13.5. The van der Waals surface area contributed by atoms with Gasteiger partial charge in [0.15, 0.2) is 0 Å². The van der Waals surface area contributed by atoms with Crippen molar-refractivity contribution in [2.24, 2.45) is 0 Å². The Morgan fingerprint density at radius 1 is 1.62 bits per heavy atom. The lowest BCUT2D eigenvalue weighted by molar-refractivity contribution is 0.0558. The molecule has 1 saturated heterocycles. The van der Waals surface area contributed by atoms with Crippen molar-refractivity contribution in [3.8, 4) is 0 Å². The number of nitrogens with one attached hydrogen (secondary N) is 1.